The normalized spacial score (nSPS) is 13.8. The van der Waals surface area contributed by atoms with Crippen LogP contribution in [0.25, 0.3) is 0 Å². The van der Waals surface area contributed by atoms with Crippen LogP contribution in [-0.2, 0) is 4.79 Å². The number of anilines is 1. The third-order valence-corrected chi connectivity index (χ3v) is 3.08. The second-order valence-electron chi connectivity index (χ2n) is 5.03. The summed E-state index contributed by atoms with van der Waals surface area (Å²) >= 11 is 5.17. The fourth-order valence-corrected chi connectivity index (χ4v) is 2.08. The lowest BCUT2D eigenvalue weighted by atomic mass is 10.1. The van der Waals surface area contributed by atoms with Crippen molar-refractivity contribution in [3.05, 3.63) is 29.3 Å². The molecule has 0 saturated heterocycles. The largest absolute Gasteiger partial charge is 0.353 e. The van der Waals surface area contributed by atoms with E-state index in [-0.39, 0.29) is 12.5 Å². The Kier molecular flexibility index (Phi) is 4.37. The van der Waals surface area contributed by atoms with E-state index in [1.54, 1.807) is 0 Å². The van der Waals surface area contributed by atoms with Crippen molar-refractivity contribution in [2.45, 2.75) is 32.7 Å². The van der Waals surface area contributed by atoms with Crippen LogP contribution in [-0.4, -0.2) is 23.6 Å². The van der Waals surface area contributed by atoms with Gasteiger partial charge in [0.2, 0.25) is 5.91 Å². The van der Waals surface area contributed by atoms with Crippen molar-refractivity contribution >= 4 is 28.9 Å². The Labute approximate surface area is 119 Å². The molecule has 1 aliphatic carbocycles. The Morgan fingerprint density at radius 2 is 1.89 bits per heavy atom. The lowest BCUT2D eigenvalue weighted by Crippen LogP contribution is -2.39. The molecule has 0 aliphatic heterocycles. The molecule has 102 valence electrons. The summed E-state index contributed by atoms with van der Waals surface area (Å²) in [5.74, 6) is -0.00734. The summed E-state index contributed by atoms with van der Waals surface area (Å²) in [4.78, 5) is 11.5. The smallest absolute Gasteiger partial charge is 0.239 e. The van der Waals surface area contributed by atoms with Crippen molar-refractivity contribution in [2.75, 3.05) is 11.9 Å². The number of amides is 1. The average Bonchev–Trinajstić information content (AvgIpc) is 3.09. The topological polar surface area (TPSA) is 53.2 Å². The Morgan fingerprint density at radius 1 is 1.26 bits per heavy atom. The summed E-state index contributed by atoms with van der Waals surface area (Å²) in [6.45, 7) is 4.29. The zero-order chi connectivity index (χ0) is 13.8. The SMILES string of the molecule is Cc1cc(C)cc(NC(=S)NCC(=O)NC2CC2)c1. The van der Waals surface area contributed by atoms with Crippen LogP contribution >= 0.6 is 12.2 Å². The third-order valence-electron chi connectivity index (χ3n) is 2.83. The Bertz CT molecular complexity index is 477. The first-order valence-corrected chi connectivity index (χ1v) is 6.86. The number of carbonyl (C=O) groups is 1. The molecular weight excluding hydrogens is 258 g/mol. The van der Waals surface area contributed by atoms with Gasteiger partial charge in [0, 0.05) is 11.7 Å². The number of rotatable bonds is 4. The van der Waals surface area contributed by atoms with Gasteiger partial charge in [-0.25, -0.2) is 0 Å². The highest BCUT2D eigenvalue weighted by molar-refractivity contribution is 7.80. The first-order chi connectivity index (χ1) is 9.02. The van der Waals surface area contributed by atoms with E-state index in [1.807, 2.05) is 26.0 Å². The molecule has 1 fully saturated rings. The molecule has 0 radical (unpaired) electrons. The number of hydrogen-bond donors (Lipinski definition) is 3. The van der Waals surface area contributed by atoms with Gasteiger partial charge in [-0.05, 0) is 62.2 Å². The van der Waals surface area contributed by atoms with E-state index >= 15 is 0 Å². The monoisotopic (exact) mass is 277 g/mol. The minimum absolute atomic E-state index is 0.00734. The third kappa shape index (κ3) is 4.87. The molecule has 19 heavy (non-hydrogen) atoms. The van der Waals surface area contributed by atoms with Gasteiger partial charge in [0.1, 0.15) is 0 Å². The molecule has 1 saturated carbocycles. The van der Waals surface area contributed by atoms with Gasteiger partial charge < -0.3 is 16.0 Å². The van der Waals surface area contributed by atoms with Crippen molar-refractivity contribution in [2.24, 2.45) is 0 Å². The molecule has 4 nitrogen and oxygen atoms in total. The van der Waals surface area contributed by atoms with Crippen molar-refractivity contribution in [3.63, 3.8) is 0 Å². The Morgan fingerprint density at radius 3 is 2.47 bits per heavy atom. The van der Waals surface area contributed by atoms with Gasteiger partial charge in [0.15, 0.2) is 5.11 Å². The molecule has 0 spiro atoms. The number of carbonyl (C=O) groups excluding carboxylic acids is 1. The fraction of sp³-hybridized carbons (Fsp3) is 0.429. The van der Waals surface area contributed by atoms with Gasteiger partial charge >= 0.3 is 0 Å². The summed E-state index contributed by atoms with van der Waals surface area (Å²) < 4.78 is 0. The predicted molar refractivity (Wildman–Crippen MR) is 81.3 cm³/mol. The highest BCUT2D eigenvalue weighted by Crippen LogP contribution is 2.18. The predicted octanol–water partition coefficient (Wildman–Crippen LogP) is 1.87. The Hall–Kier alpha value is -1.62. The molecule has 1 aliphatic rings. The van der Waals surface area contributed by atoms with Crippen molar-refractivity contribution in [1.29, 1.82) is 0 Å². The molecule has 1 aromatic carbocycles. The lowest BCUT2D eigenvalue weighted by molar-refractivity contribution is -0.120. The quantitative estimate of drug-likeness (QED) is 0.736. The molecule has 1 amide bonds. The van der Waals surface area contributed by atoms with Crippen LogP contribution in [0.2, 0.25) is 0 Å². The van der Waals surface area contributed by atoms with Gasteiger partial charge in [0.25, 0.3) is 0 Å². The van der Waals surface area contributed by atoms with Crippen LogP contribution in [0.1, 0.15) is 24.0 Å². The highest BCUT2D eigenvalue weighted by Gasteiger charge is 2.22. The van der Waals surface area contributed by atoms with Crippen LogP contribution in [0.5, 0.6) is 0 Å². The number of aryl methyl sites for hydroxylation is 2. The van der Waals surface area contributed by atoms with E-state index in [1.165, 1.54) is 11.1 Å². The van der Waals surface area contributed by atoms with Crippen LogP contribution in [0, 0.1) is 13.8 Å². The average molecular weight is 277 g/mol. The van der Waals surface area contributed by atoms with E-state index in [0.717, 1.165) is 18.5 Å². The maximum Gasteiger partial charge on any atom is 0.239 e. The zero-order valence-electron chi connectivity index (χ0n) is 11.2. The zero-order valence-corrected chi connectivity index (χ0v) is 12.1. The van der Waals surface area contributed by atoms with E-state index in [4.69, 9.17) is 12.2 Å². The number of nitrogens with one attached hydrogen (secondary N) is 3. The minimum Gasteiger partial charge on any atom is -0.353 e. The van der Waals surface area contributed by atoms with Crippen LogP contribution in [0.4, 0.5) is 5.69 Å². The fourth-order valence-electron chi connectivity index (χ4n) is 1.89. The Balaban J connectivity index is 1.78. The maximum absolute atomic E-state index is 11.5. The summed E-state index contributed by atoms with van der Waals surface area (Å²) in [7, 11) is 0. The molecule has 2 rings (SSSR count). The molecule has 0 unspecified atom stereocenters. The molecule has 3 N–H and O–H groups in total. The second-order valence-corrected chi connectivity index (χ2v) is 5.43. The van der Waals surface area contributed by atoms with Crippen molar-refractivity contribution in [3.8, 4) is 0 Å². The number of thiocarbonyl (C=S) groups is 1. The van der Waals surface area contributed by atoms with Gasteiger partial charge in [-0.2, -0.15) is 0 Å². The molecule has 0 bridgehead atoms. The van der Waals surface area contributed by atoms with Crippen LogP contribution in [0.15, 0.2) is 18.2 Å². The van der Waals surface area contributed by atoms with Gasteiger partial charge in [-0.15, -0.1) is 0 Å². The standard InChI is InChI=1S/C14H19N3OS/c1-9-5-10(2)7-12(6-9)17-14(19)15-8-13(18)16-11-3-4-11/h5-7,11H,3-4,8H2,1-2H3,(H,16,18)(H2,15,17,19). The molecule has 5 heteroatoms. The van der Waals surface area contributed by atoms with E-state index in [2.05, 4.69) is 22.0 Å². The molecular formula is C14H19N3OS. The summed E-state index contributed by atoms with van der Waals surface area (Å²) in [5, 5.41) is 9.37. The first-order valence-electron chi connectivity index (χ1n) is 6.45. The lowest BCUT2D eigenvalue weighted by Gasteiger charge is -2.11. The van der Waals surface area contributed by atoms with E-state index in [9.17, 15) is 4.79 Å². The summed E-state index contributed by atoms with van der Waals surface area (Å²) in [5.41, 5.74) is 3.30. The van der Waals surface area contributed by atoms with Gasteiger partial charge in [-0.3, -0.25) is 4.79 Å². The van der Waals surface area contributed by atoms with Crippen molar-refractivity contribution < 1.29 is 4.79 Å². The molecule has 0 atom stereocenters. The minimum atomic E-state index is -0.00734. The highest BCUT2D eigenvalue weighted by atomic mass is 32.1. The molecule has 0 heterocycles. The first kappa shape index (κ1) is 13.8. The summed E-state index contributed by atoms with van der Waals surface area (Å²) in [6, 6.07) is 6.52. The van der Waals surface area contributed by atoms with Crippen molar-refractivity contribution in [1.82, 2.24) is 10.6 Å². The van der Waals surface area contributed by atoms with Crippen LogP contribution in [0.3, 0.4) is 0 Å². The van der Waals surface area contributed by atoms with Gasteiger partial charge in [0.05, 0.1) is 6.54 Å². The van der Waals surface area contributed by atoms with E-state index in [0.29, 0.717) is 11.2 Å². The number of hydrogen-bond acceptors (Lipinski definition) is 2. The van der Waals surface area contributed by atoms with Crippen LogP contribution < -0.4 is 16.0 Å². The maximum atomic E-state index is 11.5. The molecule has 1 aromatic rings. The molecule has 0 aromatic heterocycles. The number of benzene rings is 1. The van der Waals surface area contributed by atoms with E-state index < -0.39 is 0 Å². The second kappa shape index (κ2) is 6.02. The van der Waals surface area contributed by atoms with Gasteiger partial charge in [-0.1, -0.05) is 6.07 Å². The summed E-state index contributed by atoms with van der Waals surface area (Å²) in [6.07, 6.45) is 2.19.